The standard InChI is InChI=1S/C21H21ClN6O2/c1-13-20-16(14-2-4-15(22)5-3-14)12-19(29)23-21(20)28(26-13)18-7-6-17(24-25-18)27-8-10-30-11-9-27/h2-7,16H,8-12H2,1H3,(H,23,29)/t16-/m1/s1. The van der Waals surface area contributed by atoms with Crippen LogP contribution in [0.2, 0.25) is 5.02 Å². The van der Waals surface area contributed by atoms with Gasteiger partial charge in [-0.25, -0.2) is 0 Å². The molecule has 0 bridgehead atoms. The summed E-state index contributed by atoms with van der Waals surface area (Å²) in [6.45, 7) is 4.92. The van der Waals surface area contributed by atoms with Crippen LogP contribution < -0.4 is 10.2 Å². The molecule has 0 unspecified atom stereocenters. The smallest absolute Gasteiger partial charge is 0.226 e. The van der Waals surface area contributed by atoms with Gasteiger partial charge in [0.1, 0.15) is 5.82 Å². The lowest BCUT2D eigenvalue weighted by molar-refractivity contribution is -0.116. The number of nitrogens with zero attached hydrogens (tertiary/aromatic N) is 5. The lowest BCUT2D eigenvalue weighted by atomic mass is 9.86. The van der Waals surface area contributed by atoms with Crippen LogP contribution in [0.5, 0.6) is 0 Å². The summed E-state index contributed by atoms with van der Waals surface area (Å²) < 4.78 is 7.06. The average Bonchev–Trinajstić information content (AvgIpc) is 3.10. The van der Waals surface area contributed by atoms with Gasteiger partial charge in [0.05, 0.1) is 18.9 Å². The molecule has 2 aliphatic heterocycles. The zero-order valence-electron chi connectivity index (χ0n) is 16.5. The number of morpholine rings is 1. The molecule has 4 heterocycles. The van der Waals surface area contributed by atoms with Crippen LogP contribution in [0.3, 0.4) is 0 Å². The van der Waals surface area contributed by atoms with Gasteiger partial charge in [-0.05, 0) is 36.8 Å². The van der Waals surface area contributed by atoms with Crippen molar-refractivity contribution < 1.29 is 9.53 Å². The molecular weight excluding hydrogens is 404 g/mol. The van der Waals surface area contributed by atoms with Crippen molar-refractivity contribution in [2.24, 2.45) is 0 Å². The first-order valence-corrected chi connectivity index (χ1v) is 10.3. The molecule has 1 aromatic carbocycles. The van der Waals surface area contributed by atoms with Crippen LogP contribution in [0, 0.1) is 6.92 Å². The quantitative estimate of drug-likeness (QED) is 0.695. The summed E-state index contributed by atoms with van der Waals surface area (Å²) in [6.07, 6.45) is 0.364. The van der Waals surface area contributed by atoms with Crippen molar-refractivity contribution in [1.82, 2.24) is 20.0 Å². The van der Waals surface area contributed by atoms with Crippen molar-refractivity contribution in [1.29, 1.82) is 0 Å². The first-order valence-electron chi connectivity index (χ1n) is 9.92. The van der Waals surface area contributed by atoms with E-state index in [2.05, 4.69) is 25.5 Å². The number of benzene rings is 1. The Morgan fingerprint density at radius 1 is 1.07 bits per heavy atom. The van der Waals surface area contributed by atoms with E-state index in [1.165, 1.54) is 0 Å². The van der Waals surface area contributed by atoms with Crippen molar-refractivity contribution >= 4 is 29.1 Å². The van der Waals surface area contributed by atoms with Crippen molar-refractivity contribution in [2.75, 3.05) is 36.5 Å². The summed E-state index contributed by atoms with van der Waals surface area (Å²) in [5.41, 5.74) is 2.88. The fourth-order valence-corrected chi connectivity index (χ4v) is 4.21. The Morgan fingerprint density at radius 2 is 1.77 bits per heavy atom. The molecule has 0 radical (unpaired) electrons. The highest BCUT2D eigenvalue weighted by Crippen LogP contribution is 2.40. The second kappa shape index (κ2) is 7.70. The van der Waals surface area contributed by atoms with Crippen LogP contribution in [0.4, 0.5) is 11.6 Å². The second-order valence-electron chi connectivity index (χ2n) is 7.47. The number of ether oxygens (including phenoxy) is 1. The van der Waals surface area contributed by atoms with Gasteiger partial charge in [-0.2, -0.15) is 9.78 Å². The molecule has 30 heavy (non-hydrogen) atoms. The number of hydrogen-bond donors (Lipinski definition) is 1. The van der Waals surface area contributed by atoms with Crippen LogP contribution in [0.1, 0.15) is 29.2 Å². The minimum Gasteiger partial charge on any atom is -0.378 e. The highest BCUT2D eigenvalue weighted by atomic mass is 35.5. The van der Waals surface area contributed by atoms with Gasteiger partial charge in [0, 0.05) is 36.0 Å². The Kier molecular flexibility index (Phi) is 4.88. The SMILES string of the molecule is Cc1nn(-c2ccc(N3CCOCC3)nn2)c2c1[C@@H](c1ccc(Cl)cc1)CC(=O)N2. The van der Waals surface area contributed by atoms with Crippen molar-refractivity contribution in [3.8, 4) is 5.82 Å². The highest BCUT2D eigenvalue weighted by molar-refractivity contribution is 6.30. The van der Waals surface area contributed by atoms with Gasteiger partial charge in [0.25, 0.3) is 0 Å². The van der Waals surface area contributed by atoms with Gasteiger partial charge >= 0.3 is 0 Å². The van der Waals surface area contributed by atoms with Crippen LogP contribution in [-0.2, 0) is 9.53 Å². The molecule has 1 saturated heterocycles. The Balaban J connectivity index is 1.51. The molecule has 9 heteroatoms. The highest BCUT2D eigenvalue weighted by Gasteiger charge is 2.33. The lowest BCUT2D eigenvalue weighted by Crippen LogP contribution is -2.36. The van der Waals surface area contributed by atoms with Crippen molar-refractivity contribution in [3.05, 3.63) is 58.2 Å². The van der Waals surface area contributed by atoms with Crippen LogP contribution in [-0.4, -0.2) is 52.2 Å². The summed E-state index contributed by atoms with van der Waals surface area (Å²) in [7, 11) is 0. The predicted molar refractivity (Wildman–Crippen MR) is 113 cm³/mol. The number of amides is 1. The third-order valence-corrected chi connectivity index (χ3v) is 5.82. The number of carbonyl (C=O) groups excluding carboxylic acids is 1. The maximum atomic E-state index is 12.5. The molecule has 1 N–H and O–H groups in total. The van der Waals surface area contributed by atoms with E-state index in [4.69, 9.17) is 16.3 Å². The van der Waals surface area contributed by atoms with Crippen LogP contribution >= 0.6 is 11.6 Å². The van der Waals surface area contributed by atoms with E-state index >= 15 is 0 Å². The van der Waals surface area contributed by atoms with E-state index in [-0.39, 0.29) is 11.8 Å². The number of halogens is 1. The molecule has 5 rings (SSSR count). The van der Waals surface area contributed by atoms with E-state index in [1.54, 1.807) is 4.68 Å². The molecule has 1 fully saturated rings. The van der Waals surface area contributed by atoms with Gasteiger partial charge in [-0.1, -0.05) is 23.7 Å². The predicted octanol–water partition coefficient (Wildman–Crippen LogP) is 2.93. The molecule has 0 saturated carbocycles. The number of aromatic nitrogens is 4. The molecule has 1 amide bonds. The third-order valence-electron chi connectivity index (χ3n) is 5.56. The summed E-state index contributed by atoms with van der Waals surface area (Å²) in [5, 5.41) is 17.1. The second-order valence-corrected chi connectivity index (χ2v) is 7.90. The summed E-state index contributed by atoms with van der Waals surface area (Å²) in [6, 6.07) is 11.4. The minimum absolute atomic E-state index is 0.0542. The van der Waals surface area contributed by atoms with E-state index in [0.29, 0.717) is 36.3 Å². The number of nitrogens with one attached hydrogen (secondary N) is 1. The summed E-state index contributed by atoms with van der Waals surface area (Å²) >= 11 is 6.04. The molecule has 154 valence electrons. The van der Waals surface area contributed by atoms with E-state index in [1.807, 2.05) is 43.3 Å². The van der Waals surface area contributed by atoms with Crippen molar-refractivity contribution in [2.45, 2.75) is 19.3 Å². The molecule has 0 spiro atoms. The normalized spacial score (nSPS) is 18.8. The molecule has 3 aromatic rings. The fraction of sp³-hybridized carbons (Fsp3) is 0.333. The molecule has 2 aromatic heterocycles. The molecule has 0 aliphatic carbocycles. The molecular formula is C21H21ClN6O2. The van der Waals surface area contributed by atoms with E-state index in [9.17, 15) is 4.79 Å². The summed E-state index contributed by atoms with van der Waals surface area (Å²) in [4.78, 5) is 14.6. The monoisotopic (exact) mass is 424 g/mol. The summed E-state index contributed by atoms with van der Waals surface area (Å²) in [5.74, 6) is 1.88. The van der Waals surface area contributed by atoms with E-state index in [0.717, 1.165) is 35.7 Å². The van der Waals surface area contributed by atoms with Gasteiger partial charge < -0.3 is 15.0 Å². The topological polar surface area (TPSA) is 85.2 Å². The largest absolute Gasteiger partial charge is 0.378 e. The molecule has 2 aliphatic rings. The maximum Gasteiger partial charge on any atom is 0.226 e. The third kappa shape index (κ3) is 3.42. The van der Waals surface area contributed by atoms with Gasteiger partial charge in [-0.3, -0.25) is 4.79 Å². The molecule has 1 atom stereocenters. The van der Waals surface area contributed by atoms with Gasteiger partial charge in [0.2, 0.25) is 5.91 Å². The Labute approximate surface area is 178 Å². The first-order chi connectivity index (χ1) is 14.6. The molecule has 8 nitrogen and oxygen atoms in total. The van der Waals surface area contributed by atoms with Gasteiger partial charge in [0.15, 0.2) is 11.6 Å². The number of anilines is 2. The lowest BCUT2D eigenvalue weighted by Gasteiger charge is -2.27. The zero-order chi connectivity index (χ0) is 20.7. The van der Waals surface area contributed by atoms with Crippen molar-refractivity contribution in [3.63, 3.8) is 0 Å². The van der Waals surface area contributed by atoms with Gasteiger partial charge in [-0.15, -0.1) is 10.2 Å². The Morgan fingerprint density at radius 3 is 2.47 bits per heavy atom. The van der Waals surface area contributed by atoms with E-state index < -0.39 is 0 Å². The Bertz CT molecular complexity index is 1070. The maximum absolute atomic E-state index is 12.5. The number of hydrogen-bond acceptors (Lipinski definition) is 6. The fourth-order valence-electron chi connectivity index (χ4n) is 4.08. The number of fused-ring (bicyclic) bond motifs is 1. The Hall–Kier alpha value is -2.97. The number of rotatable bonds is 3. The minimum atomic E-state index is -0.0830. The van der Waals surface area contributed by atoms with Crippen LogP contribution in [0.25, 0.3) is 5.82 Å². The number of carbonyl (C=O) groups is 1. The zero-order valence-corrected chi connectivity index (χ0v) is 17.3. The average molecular weight is 425 g/mol. The first kappa shape index (κ1) is 19.0. The van der Waals surface area contributed by atoms with Crippen LogP contribution in [0.15, 0.2) is 36.4 Å². The number of aryl methyl sites for hydroxylation is 1.